The fourth-order valence-electron chi connectivity index (χ4n) is 3.45. The second-order valence-electron chi connectivity index (χ2n) is 7.47. The number of anilines is 1. The number of carbonyl (C=O) groups is 1. The SMILES string of the molecule is COc1cc2c(cc1C(=O)Nc1ccc(C(C)(C)O)cc1)CCCCC2. The monoisotopic (exact) mass is 353 g/mol. The molecule has 26 heavy (non-hydrogen) atoms. The van der Waals surface area contributed by atoms with Gasteiger partial charge in [0.2, 0.25) is 0 Å². The van der Waals surface area contributed by atoms with E-state index in [0.717, 1.165) is 18.4 Å². The molecule has 3 rings (SSSR count). The Bertz CT molecular complexity index is 788. The fraction of sp³-hybridized carbons (Fsp3) is 0.409. The topological polar surface area (TPSA) is 58.6 Å². The summed E-state index contributed by atoms with van der Waals surface area (Å²) in [5.74, 6) is 0.446. The molecule has 4 heteroatoms. The van der Waals surface area contributed by atoms with Gasteiger partial charge in [0.1, 0.15) is 5.75 Å². The number of fused-ring (bicyclic) bond motifs is 1. The minimum absolute atomic E-state index is 0.176. The van der Waals surface area contributed by atoms with Gasteiger partial charge in [-0.15, -0.1) is 0 Å². The summed E-state index contributed by atoms with van der Waals surface area (Å²) in [5, 5.41) is 13.0. The zero-order valence-corrected chi connectivity index (χ0v) is 15.8. The number of amides is 1. The Balaban J connectivity index is 1.84. The Kier molecular flexibility index (Phi) is 5.33. The minimum Gasteiger partial charge on any atom is -0.496 e. The van der Waals surface area contributed by atoms with Crippen molar-refractivity contribution in [1.29, 1.82) is 0 Å². The van der Waals surface area contributed by atoms with Gasteiger partial charge in [0.25, 0.3) is 5.91 Å². The molecule has 0 fully saturated rings. The Labute approximate surface area is 155 Å². The first kappa shape index (κ1) is 18.5. The van der Waals surface area contributed by atoms with E-state index in [1.54, 1.807) is 33.1 Å². The number of benzene rings is 2. The molecule has 0 heterocycles. The van der Waals surface area contributed by atoms with Crippen molar-refractivity contribution in [3.63, 3.8) is 0 Å². The highest BCUT2D eigenvalue weighted by atomic mass is 16.5. The normalized spacial score (nSPS) is 14.3. The number of hydrogen-bond acceptors (Lipinski definition) is 3. The van der Waals surface area contributed by atoms with Gasteiger partial charge in [-0.05, 0) is 80.5 Å². The molecule has 4 nitrogen and oxygen atoms in total. The third kappa shape index (κ3) is 4.07. The molecule has 0 saturated heterocycles. The highest BCUT2D eigenvalue weighted by Gasteiger charge is 2.19. The molecule has 0 aromatic heterocycles. The average Bonchev–Trinajstić information content (AvgIpc) is 2.84. The van der Waals surface area contributed by atoms with Crippen molar-refractivity contribution >= 4 is 11.6 Å². The molecule has 0 unspecified atom stereocenters. The lowest BCUT2D eigenvalue weighted by molar-refractivity contribution is 0.0786. The third-order valence-corrected chi connectivity index (χ3v) is 5.01. The van der Waals surface area contributed by atoms with Crippen molar-refractivity contribution in [2.75, 3.05) is 12.4 Å². The molecule has 0 spiro atoms. The Morgan fingerprint density at radius 3 is 2.23 bits per heavy atom. The van der Waals surface area contributed by atoms with E-state index in [1.807, 2.05) is 24.3 Å². The quantitative estimate of drug-likeness (QED) is 0.799. The van der Waals surface area contributed by atoms with E-state index in [9.17, 15) is 9.90 Å². The number of rotatable bonds is 4. The molecule has 138 valence electrons. The van der Waals surface area contributed by atoms with Crippen LogP contribution in [0.25, 0.3) is 0 Å². The molecule has 0 saturated carbocycles. The summed E-state index contributed by atoms with van der Waals surface area (Å²) in [5.41, 5.74) is 3.72. The van der Waals surface area contributed by atoms with Gasteiger partial charge >= 0.3 is 0 Å². The predicted octanol–water partition coefficient (Wildman–Crippen LogP) is 4.44. The summed E-state index contributed by atoms with van der Waals surface area (Å²) in [6.45, 7) is 3.47. The van der Waals surface area contributed by atoms with Crippen LogP contribution < -0.4 is 10.1 Å². The Morgan fingerprint density at radius 1 is 1.04 bits per heavy atom. The molecule has 1 amide bonds. The van der Waals surface area contributed by atoms with Gasteiger partial charge in [-0.3, -0.25) is 4.79 Å². The first-order valence-electron chi connectivity index (χ1n) is 9.22. The van der Waals surface area contributed by atoms with Gasteiger partial charge < -0.3 is 15.2 Å². The summed E-state index contributed by atoms with van der Waals surface area (Å²) in [6.07, 6.45) is 5.64. The summed E-state index contributed by atoms with van der Waals surface area (Å²) in [6, 6.07) is 11.3. The van der Waals surface area contributed by atoms with Gasteiger partial charge in [0.15, 0.2) is 0 Å². The largest absolute Gasteiger partial charge is 0.496 e. The van der Waals surface area contributed by atoms with Gasteiger partial charge in [0.05, 0.1) is 18.3 Å². The second kappa shape index (κ2) is 7.50. The van der Waals surface area contributed by atoms with E-state index < -0.39 is 5.60 Å². The smallest absolute Gasteiger partial charge is 0.259 e. The zero-order valence-electron chi connectivity index (χ0n) is 15.8. The standard InChI is InChI=1S/C22H27NO3/c1-22(2,25)17-9-11-18(12-10-17)23-21(24)19-13-15-7-5-4-6-8-16(15)14-20(19)26-3/h9-14,25H,4-8H2,1-3H3,(H,23,24). The molecule has 0 atom stereocenters. The maximum Gasteiger partial charge on any atom is 0.259 e. The van der Waals surface area contributed by atoms with Crippen LogP contribution in [0.4, 0.5) is 5.69 Å². The number of carbonyl (C=O) groups excluding carboxylic acids is 1. The van der Waals surface area contributed by atoms with Crippen molar-refractivity contribution in [2.45, 2.75) is 51.6 Å². The Morgan fingerprint density at radius 2 is 1.65 bits per heavy atom. The van der Waals surface area contributed by atoms with E-state index in [1.165, 1.54) is 30.4 Å². The van der Waals surface area contributed by atoms with Crippen LogP contribution >= 0.6 is 0 Å². The lowest BCUT2D eigenvalue weighted by atomic mass is 9.98. The Hall–Kier alpha value is -2.33. The number of aliphatic hydroxyl groups is 1. The van der Waals surface area contributed by atoms with E-state index in [0.29, 0.717) is 17.0 Å². The maximum atomic E-state index is 12.8. The molecule has 1 aliphatic carbocycles. The highest BCUT2D eigenvalue weighted by Crippen LogP contribution is 2.29. The maximum absolute atomic E-state index is 12.8. The van der Waals surface area contributed by atoms with Crippen LogP contribution in [0, 0.1) is 0 Å². The molecule has 0 aliphatic heterocycles. The van der Waals surface area contributed by atoms with Crippen LogP contribution in [-0.4, -0.2) is 18.1 Å². The summed E-state index contributed by atoms with van der Waals surface area (Å²) >= 11 is 0. The van der Waals surface area contributed by atoms with Crippen LogP contribution in [0.15, 0.2) is 36.4 Å². The molecule has 1 aliphatic rings. The van der Waals surface area contributed by atoms with E-state index in [4.69, 9.17) is 4.74 Å². The highest BCUT2D eigenvalue weighted by molar-refractivity contribution is 6.06. The van der Waals surface area contributed by atoms with Crippen LogP contribution in [0.3, 0.4) is 0 Å². The lowest BCUT2D eigenvalue weighted by Crippen LogP contribution is -2.16. The van der Waals surface area contributed by atoms with Crippen LogP contribution in [0.1, 0.15) is 60.2 Å². The van der Waals surface area contributed by atoms with Crippen LogP contribution in [0.2, 0.25) is 0 Å². The van der Waals surface area contributed by atoms with Crippen LogP contribution in [0.5, 0.6) is 5.75 Å². The van der Waals surface area contributed by atoms with Gasteiger partial charge in [0, 0.05) is 5.69 Å². The number of aryl methyl sites for hydroxylation is 2. The van der Waals surface area contributed by atoms with Crippen molar-refractivity contribution in [3.05, 3.63) is 58.7 Å². The molecule has 2 N–H and O–H groups in total. The van der Waals surface area contributed by atoms with Crippen LogP contribution in [-0.2, 0) is 18.4 Å². The predicted molar refractivity (Wildman–Crippen MR) is 104 cm³/mol. The summed E-state index contributed by atoms with van der Waals surface area (Å²) in [4.78, 5) is 12.8. The number of ether oxygens (including phenoxy) is 1. The van der Waals surface area contributed by atoms with Crippen molar-refractivity contribution in [1.82, 2.24) is 0 Å². The van der Waals surface area contributed by atoms with E-state index >= 15 is 0 Å². The lowest BCUT2D eigenvalue weighted by Gasteiger charge is -2.18. The number of hydrogen-bond donors (Lipinski definition) is 2. The van der Waals surface area contributed by atoms with Gasteiger partial charge in [-0.1, -0.05) is 18.6 Å². The summed E-state index contributed by atoms with van der Waals surface area (Å²) < 4.78 is 5.48. The molecule has 0 radical (unpaired) electrons. The molecule has 0 bridgehead atoms. The van der Waals surface area contributed by atoms with Gasteiger partial charge in [-0.25, -0.2) is 0 Å². The first-order chi connectivity index (χ1) is 12.4. The van der Waals surface area contributed by atoms with E-state index in [2.05, 4.69) is 5.32 Å². The summed E-state index contributed by atoms with van der Waals surface area (Å²) in [7, 11) is 1.60. The first-order valence-corrected chi connectivity index (χ1v) is 9.22. The molecule has 2 aromatic rings. The zero-order chi connectivity index (χ0) is 18.7. The minimum atomic E-state index is -0.900. The number of nitrogens with one attached hydrogen (secondary N) is 1. The van der Waals surface area contributed by atoms with Crippen molar-refractivity contribution in [3.8, 4) is 5.75 Å². The molecule has 2 aromatic carbocycles. The van der Waals surface area contributed by atoms with Gasteiger partial charge in [-0.2, -0.15) is 0 Å². The fourth-order valence-corrected chi connectivity index (χ4v) is 3.45. The van der Waals surface area contributed by atoms with Crippen molar-refractivity contribution < 1.29 is 14.6 Å². The molecular formula is C22H27NO3. The van der Waals surface area contributed by atoms with E-state index in [-0.39, 0.29) is 5.91 Å². The average molecular weight is 353 g/mol. The number of methoxy groups -OCH3 is 1. The second-order valence-corrected chi connectivity index (χ2v) is 7.47. The third-order valence-electron chi connectivity index (χ3n) is 5.01. The van der Waals surface area contributed by atoms with Crippen molar-refractivity contribution in [2.24, 2.45) is 0 Å². The molecular weight excluding hydrogens is 326 g/mol.